The Bertz CT molecular complexity index is 1000. The van der Waals surface area contributed by atoms with Crippen molar-refractivity contribution >= 4 is 17.7 Å². The van der Waals surface area contributed by atoms with Crippen molar-refractivity contribution in [3.05, 3.63) is 35.5 Å². The zero-order valence-electron chi connectivity index (χ0n) is 20.2. The molecule has 0 amide bonds. The topological polar surface area (TPSA) is 110 Å². The standard InChI is InChI=1S/C26H34O7/c1-12(2)23(30)33-22-13(3)10-25-14(4)8-18-19(24(18,6)7)17(21(25)29)9-16(11-32-15(5)27)20(28)26(22,25)31/h9-10,14,17-20,22,28,31H,1,8,11H2,2-7H3/t14-,17+,18-,19+,20-,22+,25+,26+/m1/s1. The zero-order chi connectivity index (χ0) is 24.7. The predicted molar refractivity (Wildman–Crippen MR) is 120 cm³/mol. The summed E-state index contributed by atoms with van der Waals surface area (Å²) in [5, 5.41) is 24.0. The highest BCUT2D eigenvalue weighted by Gasteiger charge is 2.76. The summed E-state index contributed by atoms with van der Waals surface area (Å²) < 4.78 is 10.9. The summed E-state index contributed by atoms with van der Waals surface area (Å²) in [4.78, 5) is 38.3. The van der Waals surface area contributed by atoms with Crippen LogP contribution in [0.5, 0.6) is 0 Å². The van der Waals surface area contributed by atoms with Gasteiger partial charge in [0, 0.05) is 18.4 Å². The molecular formula is C26H34O7. The number of fused-ring (bicyclic) bond motifs is 3. The summed E-state index contributed by atoms with van der Waals surface area (Å²) >= 11 is 0. The zero-order valence-corrected chi connectivity index (χ0v) is 20.2. The van der Waals surface area contributed by atoms with Crippen LogP contribution in [-0.4, -0.2) is 52.4 Å². The minimum Gasteiger partial charge on any atom is -0.461 e. The van der Waals surface area contributed by atoms with Gasteiger partial charge in [-0.15, -0.1) is 0 Å². The number of ether oxygens (including phenoxy) is 2. The van der Waals surface area contributed by atoms with Crippen molar-refractivity contribution in [2.45, 2.75) is 65.8 Å². The molecule has 0 aromatic heterocycles. The van der Waals surface area contributed by atoms with E-state index in [0.29, 0.717) is 12.0 Å². The Labute approximate surface area is 194 Å². The van der Waals surface area contributed by atoms with Gasteiger partial charge in [0.05, 0.1) is 5.41 Å². The fourth-order valence-corrected chi connectivity index (χ4v) is 6.97. The molecule has 7 nitrogen and oxygen atoms in total. The van der Waals surface area contributed by atoms with Crippen molar-refractivity contribution in [1.29, 1.82) is 0 Å². The molecule has 0 saturated heterocycles. The van der Waals surface area contributed by atoms with Crippen molar-refractivity contribution in [2.24, 2.45) is 34.5 Å². The maximum atomic E-state index is 14.3. The summed E-state index contributed by atoms with van der Waals surface area (Å²) in [6.45, 7) is 14.0. The fraction of sp³-hybridized carbons (Fsp3) is 0.654. The first-order chi connectivity index (χ1) is 15.2. The largest absolute Gasteiger partial charge is 0.461 e. The Morgan fingerprint density at radius 3 is 2.48 bits per heavy atom. The Morgan fingerprint density at radius 1 is 1.27 bits per heavy atom. The van der Waals surface area contributed by atoms with Gasteiger partial charge < -0.3 is 19.7 Å². The van der Waals surface area contributed by atoms with Crippen molar-refractivity contribution in [3.8, 4) is 0 Å². The maximum Gasteiger partial charge on any atom is 0.333 e. The van der Waals surface area contributed by atoms with E-state index >= 15 is 0 Å². The lowest BCUT2D eigenvalue weighted by Crippen LogP contribution is -2.65. The van der Waals surface area contributed by atoms with Gasteiger partial charge in [-0.1, -0.05) is 39.5 Å². The summed E-state index contributed by atoms with van der Waals surface area (Å²) in [7, 11) is 0. The first kappa shape index (κ1) is 23.9. The van der Waals surface area contributed by atoms with Gasteiger partial charge in [0.2, 0.25) is 0 Å². The molecule has 4 aliphatic carbocycles. The predicted octanol–water partition coefficient (Wildman–Crippen LogP) is 2.51. The number of hydrogen-bond donors (Lipinski definition) is 2. The second-order valence-corrected chi connectivity index (χ2v) is 11.1. The number of esters is 2. The molecule has 180 valence electrons. The molecule has 0 radical (unpaired) electrons. The van der Waals surface area contributed by atoms with Gasteiger partial charge in [-0.2, -0.15) is 0 Å². The highest BCUT2D eigenvalue weighted by molar-refractivity contribution is 5.96. The quantitative estimate of drug-likeness (QED) is 0.378. The van der Waals surface area contributed by atoms with Gasteiger partial charge >= 0.3 is 11.9 Å². The Hall–Kier alpha value is -2.25. The van der Waals surface area contributed by atoms with Crippen LogP contribution in [0.3, 0.4) is 0 Å². The first-order valence-electron chi connectivity index (χ1n) is 11.6. The Kier molecular flexibility index (Phi) is 5.34. The van der Waals surface area contributed by atoms with Crippen LogP contribution in [0.2, 0.25) is 0 Å². The fourth-order valence-electron chi connectivity index (χ4n) is 6.97. The summed E-state index contributed by atoms with van der Waals surface area (Å²) in [5.41, 5.74) is -2.74. The van der Waals surface area contributed by atoms with Crippen LogP contribution >= 0.6 is 0 Å². The highest BCUT2D eigenvalue weighted by atomic mass is 16.6. The van der Waals surface area contributed by atoms with Gasteiger partial charge in [0.15, 0.2) is 17.5 Å². The normalized spacial score (nSPS) is 42.6. The number of hydrogen-bond acceptors (Lipinski definition) is 7. The molecule has 0 aliphatic heterocycles. The molecular weight excluding hydrogens is 424 g/mol. The van der Waals surface area contributed by atoms with Gasteiger partial charge in [0.25, 0.3) is 0 Å². The number of Topliss-reactive ketones (excluding diaryl/α,β-unsaturated/α-hetero) is 1. The first-order valence-corrected chi connectivity index (χ1v) is 11.6. The van der Waals surface area contributed by atoms with Gasteiger partial charge in [-0.3, -0.25) is 9.59 Å². The molecule has 0 aromatic rings. The number of aliphatic hydroxyl groups is 2. The van der Waals surface area contributed by atoms with Crippen LogP contribution in [0.15, 0.2) is 35.5 Å². The molecule has 8 atom stereocenters. The third kappa shape index (κ3) is 3.04. The minimum absolute atomic E-state index is 0.0550. The van der Waals surface area contributed by atoms with E-state index in [1.165, 1.54) is 13.8 Å². The number of allylic oxidation sites excluding steroid dienone is 1. The molecule has 2 fully saturated rings. The van der Waals surface area contributed by atoms with Crippen LogP contribution in [0, 0.1) is 34.5 Å². The van der Waals surface area contributed by atoms with E-state index in [2.05, 4.69) is 20.4 Å². The third-order valence-electron chi connectivity index (χ3n) is 8.73. The average molecular weight is 459 g/mol. The average Bonchev–Trinajstić information content (AvgIpc) is 3.21. The van der Waals surface area contributed by atoms with Crippen molar-refractivity contribution < 1.29 is 34.1 Å². The van der Waals surface area contributed by atoms with Gasteiger partial charge in [-0.25, -0.2) is 4.79 Å². The molecule has 2 N–H and O–H groups in total. The van der Waals surface area contributed by atoms with E-state index < -0.39 is 41.1 Å². The van der Waals surface area contributed by atoms with Crippen LogP contribution in [0.4, 0.5) is 0 Å². The smallest absolute Gasteiger partial charge is 0.333 e. The molecule has 4 rings (SSSR count). The number of carbonyl (C=O) groups is 3. The van der Waals surface area contributed by atoms with E-state index in [1.807, 2.05) is 6.92 Å². The van der Waals surface area contributed by atoms with E-state index in [-0.39, 0.29) is 46.7 Å². The highest BCUT2D eigenvalue weighted by Crippen LogP contribution is 2.71. The molecule has 7 heteroatoms. The monoisotopic (exact) mass is 458 g/mol. The molecule has 33 heavy (non-hydrogen) atoms. The minimum atomic E-state index is -2.14. The Balaban J connectivity index is 1.91. The molecule has 0 heterocycles. The lowest BCUT2D eigenvalue weighted by molar-refractivity contribution is -0.201. The lowest BCUT2D eigenvalue weighted by atomic mass is 9.59. The van der Waals surface area contributed by atoms with Crippen LogP contribution in [0.1, 0.15) is 48.0 Å². The lowest BCUT2D eigenvalue weighted by Gasteiger charge is -2.48. The third-order valence-corrected chi connectivity index (χ3v) is 8.73. The molecule has 1 spiro atoms. The van der Waals surface area contributed by atoms with Crippen molar-refractivity contribution in [2.75, 3.05) is 6.61 Å². The van der Waals surface area contributed by atoms with Gasteiger partial charge in [-0.05, 0) is 54.6 Å². The Morgan fingerprint density at radius 2 is 1.91 bits per heavy atom. The van der Waals surface area contributed by atoms with Crippen molar-refractivity contribution in [1.82, 2.24) is 0 Å². The number of carbonyl (C=O) groups excluding carboxylic acids is 3. The number of aliphatic hydroxyl groups excluding tert-OH is 1. The summed E-state index contributed by atoms with van der Waals surface area (Å²) in [6.07, 6.45) is 1.28. The molecule has 0 aromatic carbocycles. The van der Waals surface area contributed by atoms with Crippen LogP contribution in [0.25, 0.3) is 0 Å². The maximum absolute atomic E-state index is 14.3. The van der Waals surface area contributed by atoms with E-state index in [1.54, 1.807) is 19.1 Å². The van der Waals surface area contributed by atoms with E-state index in [9.17, 15) is 24.6 Å². The molecule has 2 bridgehead atoms. The van der Waals surface area contributed by atoms with E-state index in [0.717, 1.165) is 0 Å². The van der Waals surface area contributed by atoms with Crippen LogP contribution < -0.4 is 0 Å². The molecule has 4 aliphatic rings. The summed E-state index contributed by atoms with van der Waals surface area (Å²) in [5.74, 6) is -1.96. The summed E-state index contributed by atoms with van der Waals surface area (Å²) in [6, 6.07) is 0. The second kappa shape index (κ2) is 7.37. The molecule has 2 saturated carbocycles. The number of rotatable bonds is 4. The van der Waals surface area contributed by atoms with Crippen molar-refractivity contribution in [3.63, 3.8) is 0 Å². The van der Waals surface area contributed by atoms with Crippen LogP contribution in [-0.2, 0) is 23.9 Å². The molecule has 0 unspecified atom stereocenters. The number of ketones is 1. The SMILES string of the molecule is C=C(C)C(=O)O[C@H]1C(C)=C[C@]23C(=O)[C@@H](C=C(COC(C)=O)[C@@H](O)[C@]12O)[C@H]1[C@@H](C[C@H]3C)C1(C)C. The second-order valence-electron chi connectivity index (χ2n) is 11.1. The van der Waals surface area contributed by atoms with E-state index in [4.69, 9.17) is 9.47 Å². The van der Waals surface area contributed by atoms with Gasteiger partial charge in [0.1, 0.15) is 12.7 Å².